The number of aromatic nitrogens is 1. The van der Waals surface area contributed by atoms with Crippen molar-refractivity contribution >= 4 is 11.3 Å². The molecule has 1 aromatic heterocycles. The molecule has 0 saturated heterocycles. The second-order valence-corrected chi connectivity index (χ2v) is 6.73. The molecule has 3 unspecified atom stereocenters. The minimum atomic E-state index is 0.468. The van der Waals surface area contributed by atoms with Crippen LogP contribution in [-0.4, -0.2) is 12.0 Å². The first-order valence-electron chi connectivity index (χ1n) is 6.73. The number of hydrogen-bond acceptors (Lipinski definition) is 3. The molecule has 0 aromatic carbocycles. The standard InChI is InChI=1S/C14H24N2S/c1-9-6-5-7-12(8-9)13(15-4)14-16-10(2)11(3)17-14/h9,12-13,15H,5-8H2,1-4H3. The van der Waals surface area contributed by atoms with Crippen molar-refractivity contribution < 1.29 is 0 Å². The van der Waals surface area contributed by atoms with E-state index in [1.54, 1.807) is 0 Å². The molecule has 1 heterocycles. The first-order valence-corrected chi connectivity index (χ1v) is 7.54. The fraction of sp³-hybridized carbons (Fsp3) is 0.786. The summed E-state index contributed by atoms with van der Waals surface area (Å²) >= 11 is 1.87. The first kappa shape index (κ1) is 13.0. The molecule has 1 aromatic rings. The van der Waals surface area contributed by atoms with E-state index in [9.17, 15) is 0 Å². The van der Waals surface area contributed by atoms with Gasteiger partial charge in [0.25, 0.3) is 0 Å². The Kier molecular flexibility index (Phi) is 4.21. The van der Waals surface area contributed by atoms with Gasteiger partial charge in [-0.2, -0.15) is 0 Å². The number of aryl methyl sites for hydroxylation is 2. The van der Waals surface area contributed by atoms with Gasteiger partial charge < -0.3 is 5.32 Å². The SMILES string of the molecule is CNC(c1nc(C)c(C)s1)C1CCCC(C)C1. The van der Waals surface area contributed by atoms with E-state index in [1.807, 2.05) is 11.3 Å². The average molecular weight is 252 g/mol. The molecule has 1 aliphatic carbocycles. The molecule has 0 aliphatic heterocycles. The summed E-state index contributed by atoms with van der Waals surface area (Å²) in [7, 11) is 2.08. The quantitative estimate of drug-likeness (QED) is 0.884. The fourth-order valence-electron chi connectivity index (χ4n) is 2.98. The molecule has 96 valence electrons. The van der Waals surface area contributed by atoms with E-state index in [0.717, 1.165) is 11.8 Å². The molecule has 3 heteroatoms. The summed E-state index contributed by atoms with van der Waals surface area (Å²) in [6.45, 7) is 6.68. The van der Waals surface area contributed by atoms with Crippen molar-refractivity contribution in [3.8, 4) is 0 Å². The molecule has 17 heavy (non-hydrogen) atoms. The van der Waals surface area contributed by atoms with Crippen LogP contribution in [0.1, 0.15) is 54.2 Å². The zero-order valence-electron chi connectivity index (χ0n) is 11.4. The molecule has 1 N–H and O–H groups in total. The predicted octanol–water partition coefficient (Wildman–Crippen LogP) is 3.85. The average Bonchev–Trinajstić information content (AvgIpc) is 2.60. The highest BCUT2D eigenvalue weighted by Crippen LogP contribution is 2.38. The largest absolute Gasteiger partial charge is 0.311 e. The lowest BCUT2D eigenvalue weighted by Crippen LogP contribution is -2.28. The van der Waals surface area contributed by atoms with Gasteiger partial charge in [-0.1, -0.05) is 19.8 Å². The molecule has 0 spiro atoms. The van der Waals surface area contributed by atoms with Crippen LogP contribution in [0.2, 0.25) is 0 Å². The van der Waals surface area contributed by atoms with Gasteiger partial charge in [-0.15, -0.1) is 11.3 Å². The van der Waals surface area contributed by atoms with Gasteiger partial charge in [0.1, 0.15) is 5.01 Å². The molecular weight excluding hydrogens is 228 g/mol. The maximum Gasteiger partial charge on any atom is 0.110 e. The molecule has 3 atom stereocenters. The molecule has 2 rings (SSSR count). The third kappa shape index (κ3) is 2.89. The van der Waals surface area contributed by atoms with Crippen molar-refractivity contribution in [3.63, 3.8) is 0 Å². The van der Waals surface area contributed by atoms with Gasteiger partial charge in [-0.25, -0.2) is 4.98 Å². The Labute approximate surface area is 109 Å². The molecule has 1 saturated carbocycles. The van der Waals surface area contributed by atoms with E-state index >= 15 is 0 Å². The minimum Gasteiger partial charge on any atom is -0.311 e. The maximum atomic E-state index is 4.74. The highest BCUT2D eigenvalue weighted by molar-refractivity contribution is 7.11. The molecule has 0 amide bonds. The Balaban J connectivity index is 2.15. The second kappa shape index (κ2) is 5.49. The Hall–Kier alpha value is -0.410. The van der Waals surface area contributed by atoms with Gasteiger partial charge in [0.05, 0.1) is 11.7 Å². The van der Waals surface area contributed by atoms with Crippen LogP contribution in [0, 0.1) is 25.7 Å². The van der Waals surface area contributed by atoms with E-state index in [0.29, 0.717) is 6.04 Å². The highest BCUT2D eigenvalue weighted by Gasteiger charge is 2.28. The summed E-state index contributed by atoms with van der Waals surface area (Å²) < 4.78 is 0. The molecule has 0 radical (unpaired) electrons. The van der Waals surface area contributed by atoms with E-state index in [2.05, 4.69) is 33.1 Å². The second-order valence-electron chi connectivity index (χ2n) is 5.49. The Morgan fingerprint density at radius 1 is 1.35 bits per heavy atom. The zero-order valence-corrected chi connectivity index (χ0v) is 12.2. The summed E-state index contributed by atoms with van der Waals surface area (Å²) in [4.78, 5) is 6.10. The molecule has 1 aliphatic rings. The van der Waals surface area contributed by atoms with E-state index in [1.165, 1.54) is 41.3 Å². The summed E-state index contributed by atoms with van der Waals surface area (Å²) in [5, 5.41) is 4.79. The third-order valence-corrected chi connectivity index (χ3v) is 5.23. The van der Waals surface area contributed by atoms with Crippen LogP contribution in [0.5, 0.6) is 0 Å². The van der Waals surface area contributed by atoms with Gasteiger partial charge in [-0.05, 0) is 45.6 Å². The number of nitrogens with one attached hydrogen (secondary N) is 1. The fourth-order valence-corrected chi connectivity index (χ4v) is 4.10. The van der Waals surface area contributed by atoms with E-state index in [-0.39, 0.29) is 0 Å². The lowest BCUT2D eigenvalue weighted by molar-refractivity contribution is 0.229. The highest BCUT2D eigenvalue weighted by atomic mass is 32.1. The van der Waals surface area contributed by atoms with Gasteiger partial charge in [0.15, 0.2) is 0 Å². The van der Waals surface area contributed by atoms with Crippen molar-refractivity contribution in [2.24, 2.45) is 11.8 Å². The number of nitrogens with zero attached hydrogens (tertiary/aromatic N) is 1. The van der Waals surface area contributed by atoms with Crippen molar-refractivity contribution in [2.45, 2.75) is 52.5 Å². The van der Waals surface area contributed by atoms with Crippen LogP contribution >= 0.6 is 11.3 Å². The number of rotatable bonds is 3. The lowest BCUT2D eigenvalue weighted by Gasteiger charge is -2.32. The lowest BCUT2D eigenvalue weighted by atomic mass is 9.79. The van der Waals surface area contributed by atoms with Crippen molar-refractivity contribution in [1.82, 2.24) is 10.3 Å². The van der Waals surface area contributed by atoms with Gasteiger partial charge in [0, 0.05) is 4.88 Å². The summed E-state index contributed by atoms with van der Waals surface area (Å²) in [6.07, 6.45) is 5.49. The Morgan fingerprint density at radius 2 is 2.12 bits per heavy atom. The zero-order chi connectivity index (χ0) is 12.4. The van der Waals surface area contributed by atoms with Crippen LogP contribution in [0.3, 0.4) is 0 Å². The summed E-state index contributed by atoms with van der Waals surface area (Å²) in [5.74, 6) is 1.65. The summed E-state index contributed by atoms with van der Waals surface area (Å²) in [5.41, 5.74) is 1.20. The first-order chi connectivity index (χ1) is 8.11. The maximum absolute atomic E-state index is 4.74. The number of thiazole rings is 1. The Bertz CT molecular complexity index is 353. The van der Waals surface area contributed by atoms with Gasteiger partial charge in [0.2, 0.25) is 0 Å². The van der Waals surface area contributed by atoms with Crippen molar-refractivity contribution in [3.05, 3.63) is 15.6 Å². The van der Waals surface area contributed by atoms with Crippen LogP contribution in [0.15, 0.2) is 0 Å². The molecule has 0 bridgehead atoms. The molecule has 2 nitrogen and oxygen atoms in total. The molecule has 1 fully saturated rings. The van der Waals surface area contributed by atoms with Crippen LogP contribution in [0.25, 0.3) is 0 Å². The smallest absolute Gasteiger partial charge is 0.110 e. The summed E-state index contributed by atoms with van der Waals surface area (Å²) in [6, 6.07) is 0.468. The van der Waals surface area contributed by atoms with E-state index < -0.39 is 0 Å². The van der Waals surface area contributed by atoms with E-state index in [4.69, 9.17) is 4.98 Å². The monoisotopic (exact) mass is 252 g/mol. The van der Waals surface area contributed by atoms with Gasteiger partial charge in [-0.3, -0.25) is 0 Å². The predicted molar refractivity (Wildman–Crippen MR) is 74.5 cm³/mol. The Morgan fingerprint density at radius 3 is 2.65 bits per heavy atom. The van der Waals surface area contributed by atoms with Crippen molar-refractivity contribution in [2.75, 3.05) is 7.05 Å². The van der Waals surface area contributed by atoms with Crippen LogP contribution < -0.4 is 5.32 Å². The minimum absolute atomic E-state index is 0.468. The normalized spacial score (nSPS) is 27.1. The van der Waals surface area contributed by atoms with Crippen LogP contribution in [0.4, 0.5) is 0 Å². The number of hydrogen-bond donors (Lipinski definition) is 1. The van der Waals surface area contributed by atoms with Crippen molar-refractivity contribution in [1.29, 1.82) is 0 Å². The van der Waals surface area contributed by atoms with Crippen LogP contribution in [-0.2, 0) is 0 Å². The van der Waals surface area contributed by atoms with Gasteiger partial charge >= 0.3 is 0 Å². The topological polar surface area (TPSA) is 24.9 Å². The molecular formula is C14H24N2S. The third-order valence-electron chi connectivity index (χ3n) is 4.07.